The first-order valence-electron chi connectivity index (χ1n) is 27.0. The second kappa shape index (κ2) is 23.8. The molecule has 0 fully saturated rings. The van der Waals surface area contributed by atoms with Gasteiger partial charge in [0.2, 0.25) is 0 Å². The Morgan fingerprint density at radius 2 is 0.500 bits per heavy atom. The van der Waals surface area contributed by atoms with E-state index in [1.165, 1.54) is 50.1 Å². The molecule has 9 rings (SSSR count). The van der Waals surface area contributed by atoms with Gasteiger partial charge in [-0.3, -0.25) is 0 Å². The first-order valence-corrected chi connectivity index (χ1v) is 53.3. The van der Waals surface area contributed by atoms with Gasteiger partial charge in [0.15, 0.2) is 0 Å². The predicted molar refractivity (Wildman–Crippen MR) is 363 cm³/mol. The van der Waals surface area contributed by atoms with Crippen molar-refractivity contribution in [3.8, 4) is 0 Å². The molecule has 0 saturated heterocycles. The van der Waals surface area contributed by atoms with Crippen LogP contribution in [0.2, 0.25) is 78.6 Å². The molecule has 400 valence electrons. The predicted octanol–water partition coefficient (Wildman–Crippen LogP) is 15.1. The van der Waals surface area contributed by atoms with E-state index >= 15 is 0 Å². The summed E-state index contributed by atoms with van der Waals surface area (Å²) in [6.45, 7) is 28.9. The first-order chi connectivity index (χ1) is 37.1. The van der Waals surface area contributed by atoms with Crippen LogP contribution in [0.3, 0.4) is 0 Å². The van der Waals surface area contributed by atoms with Crippen molar-refractivity contribution in [1.82, 2.24) is 0 Å². The quantitative estimate of drug-likeness (QED) is 0.0715. The number of hydrogen-bond donors (Lipinski definition) is 0. The van der Waals surface area contributed by atoms with Crippen LogP contribution in [0.5, 0.6) is 0 Å². The zero-order valence-electron chi connectivity index (χ0n) is 47.5. The third-order valence-corrected chi connectivity index (χ3v) is 66.8. The molecule has 0 atom stereocenters. The molecule has 6 nitrogen and oxygen atoms in total. The summed E-state index contributed by atoms with van der Waals surface area (Å²) in [5.41, 5.74) is 0. The maximum absolute atomic E-state index is 8.54. The van der Waals surface area contributed by atoms with E-state index in [-0.39, 0.29) is 0 Å². The van der Waals surface area contributed by atoms with Crippen LogP contribution < -0.4 is 42.4 Å². The summed E-state index contributed by atoms with van der Waals surface area (Å²) in [5, 5.41) is 9.71. The van der Waals surface area contributed by atoms with Crippen molar-refractivity contribution < 1.29 is 6.91 Å². The van der Waals surface area contributed by atoms with E-state index in [4.69, 9.17) is 23.1 Å². The van der Waals surface area contributed by atoms with Crippen molar-refractivity contribution in [3.63, 3.8) is 0 Å². The summed E-state index contributed by atoms with van der Waals surface area (Å²) in [6.07, 6.45) is 0. The SMILES string of the molecule is C[Si](C)(C)N=P(/[C]1=[Ge](\[O][Si](C)(C)C)[N]=P(c2ccccc2)(c2ccccc2)/[C](P(=N[Si](C)(C)C)(c2ccccc2)c2ccccc2)=[Ge](/[O][Si](C)(C)C)[N]=P1(c1ccccc1)c1ccccc1)(c1ccccc1)c1ccccc1. The van der Waals surface area contributed by atoms with Crippen LogP contribution in [-0.2, 0) is 6.91 Å². The van der Waals surface area contributed by atoms with Crippen molar-refractivity contribution in [1.29, 1.82) is 0 Å². The van der Waals surface area contributed by atoms with E-state index in [1.807, 2.05) is 0 Å². The Balaban J connectivity index is 1.82. The summed E-state index contributed by atoms with van der Waals surface area (Å²) in [6, 6.07) is 91.2. The van der Waals surface area contributed by atoms with E-state index in [2.05, 4.69) is 321 Å². The summed E-state index contributed by atoms with van der Waals surface area (Å²) in [7, 11) is -23.0. The molecule has 8 aromatic carbocycles. The number of hydrogen-bond acceptors (Lipinski definition) is 6. The minimum atomic E-state index is -3.82. The first kappa shape index (κ1) is 58.6. The van der Waals surface area contributed by atoms with Crippen molar-refractivity contribution in [3.05, 3.63) is 243 Å². The van der Waals surface area contributed by atoms with Crippen LogP contribution in [0, 0.1) is 0 Å². The normalized spacial score (nSPS) is 17.1. The average molecular weight is 1290 g/mol. The molecule has 0 amide bonds. The standard InChI is InChI=1S/C62H76Ge2N4O2P4Si4/c1-75(2,3)67-73(57-45-29-17-30-46-57,58-47-31-18-32-48-58)61-63(69-77(7,8)9)65-72(55-41-25-15-26-42-55,56-43-27-16-28-44-56)62(74(68-76(4,5)6,59-49-33-19-34-50-59)60-51-35-20-36-52-60)64(70-78(10,11)12)66-71(61,53-37-21-13-22-38-53)54-39-23-14-24-40-54/h13-52H,1-12H3/b63-61-,64-62-. The van der Waals surface area contributed by atoms with Crippen LogP contribution in [-0.4, -0.2) is 69.7 Å². The molecule has 0 bridgehead atoms. The second-order valence-electron chi connectivity index (χ2n) is 23.7. The molecule has 16 heteroatoms. The van der Waals surface area contributed by atoms with Gasteiger partial charge in [-0.25, -0.2) is 0 Å². The Labute approximate surface area is 480 Å². The van der Waals surface area contributed by atoms with Crippen molar-refractivity contribution in [2.75, 3.05) is 0 Å². The molecule has 0 saturated carbocycles. The summed E-state index contributed by atoms with van der Waals surface area (Å²) in [4.78, 5) is 0. The van der Waals surface area contributed by atoms with Gasteiger partial charge in [-0.05, 0) is 0 Å². The van der Waals surface area contributed by atoms with Gasteiger partial charge in [0.05, 0.1) is 0 Å². The van der Waals surface area contributed by atoms with Crippen molar-refractivity contribution >= 4 is 140 Å². The summed E-state index contributed by atoms with van der Waals surface area (Å²) < 4.78 is 47.8. The molecule has 0 N–H and O–H groups in total. The van der Waals surface area contributed by atoms with Gasteiger partial charge in [0.1, 0.15) is 0 Å². The number of rotatable bonds is 16. The van der Waals surface area contributed by atoms with Crippen LogP contribution >= 0.6 is 28.2 Å². The van der Waals surface area contributed by atoms with Gasteiger partial charge >= 0.3 is 485 Å². The molecule has 1 aliphatic rings. The molecule has 8 aromatic rings. The Morgan fingerprint density at radius 1 is 0.308 bits per heavy atom. The molecule has 1 heterocycles. The fourth-order valence-electron chi connectivity index (χ4n) is 10.3. The summed E-state index contributed by atoms with van der Waals surface area (Å²) >= 11 is -7.64. The van der Waals surface area contributed by atoms with E-state index < -0.39 is 90.3 Å². The Bertz CT molecular complexity index is 3270. The van der Waals surface area contributed by atoms with Gasteiger partial charge < -0.3 is 0 Å². The fourth-order valence-corrected chi connectivity index (χ4v) is 83.5. The van der Waals surface area contributed by atoms with Crippen LogP contribution in [0.15, 0.2) is 259 Å². The molecule has 78 heavy (non-hydrogen) atoms. The molecule has 0 aliphatic carbocycles. The average Bonchev–Trinajstić information content (AvgIpc) is 2.74. The maximum atomic E-state index is 8.54. The third kappa shape index (κ3) is 12.3. The van der Waals surface area contributed by atoms with E-state index in [9.17, 15) is 0 Å². The fraction of sp³-hybridized carbons (Fsp3) is 0.194. The number of nitrogens with zero attached hydrogens (tertiary/aromatic N) is 4. The molecule has 1 aliphatic heterocycles. The van der Waals surface area contributed by atoms with Gasteiger partial charge in [-0.15, -0.1) is 0 Å². The van der Waals surface area contributed by atoms with Gasteiger partial charge in [-0.1, -0.05) is 0 Å². The third-order valence-electron chi connectivity index (χ3n) is 12.8. The zero-order chi connectivity index (χ0) is 55.5. The van der Waals surface area contributed by atoms with E-state index in [0.29, 0.717) is 0 Å². The molecule has 0 aromatic heterocycles. The van der Waals surface area contributed by atoms with E-state index in [1.54, 1.807) is 0 Å². The van der Waals surface area contributed by atoms with Crippen LogP contribution in [0.4, 0.5) is 0 Å². The van der Waals surface area contributed by atoms with Crippen molar-refractivity contribution in [2.45, 2.75) is 78.6 Å². The van der Waals surface area contributed by atoms with Crippen molar-refractivity contribution in [2.24, 2.45) is 16.2 Å². The van der Waals surface area contributed by atoms with Crippen LogP contribution in [0.1, 0.15) is 0 Å². The van der Waals surface area contributed by atoms with Gasteiger partial charge in [0, 0.05) is 0 Å². The molecule has 0 spiro atoms. The number of benzene rings is 8. The molecular formula is C62H76Ge2N4O2P4Si4. The van der Waals surface area contributed by atoms with Gasteiger partial charge in [0.25, 0.3) is 0 Å². The molecule has 0 radical (unpaired) electrons. The zero-order valence-corrected chi connectivity index (χ0v) is 59.3. The minimum absolute atomic E-state index is 1.20. The Hall–Kier alpha value is -4.03. The van der Waals surface area contributed by atoms with Crippen LogP contribution in [0.25, 0.3) is 0 Å². The monoisotopic (exact) mass is 1290 g/mol. The summed E-state index contributed by atoms with van der Waals surface area (Å²) in [5.74, 6) is 0. The van der Waals surface area contributed by atoms with E-state index in [0.717, 1.165) is 0 Å². The second-order valence-corrected chi connectivity index (χ2v) is 68.2. The topological polar surface area (TPSA) is 67.9 Å². The molecule has 0 unspecified atom stereocenters. The Kier molecular flexibility index (Phi) is 17.9. The Morgan fingerprint density at radius 3 is 0.679 bits per heavy atom. The van der Waals surface area contributed by atoms with Gasteiger partial charge in [-0.2, -0.15) is 0 Å². The molecular weight excluding hydrogens is 1210 g/mol.